The first-order chi connectivity index (χ1) is 16.4. The van der Waals surface area contributed by atoms with E-state index in [2.05, 4.69) is 20.8 Å². The van der Waals surface area contributed by atoms with Crippen LogP contribution in [0.25, 0.3) is 0 Å². The van der Waals surface area contributed by atoms with Crippen LogP contribution < -0.4 is 9.64 Å². The van der Waals surface area contributed by atoms with Crippen LogP contribution in [-0.2, 0) is 14.6 Å². The molecule has 4 rings (SSSR count). The smallest absolute Gasteiger partial charge is 0.410 e. The van der Waals surface area contributed by atoms with Crippen LogP contribution >= 0.6 is 15.9 Å². The van der Waals surface area contributed by atoms with Crippen molar-refractivity contribution >= 4 is 37.5 Å². The van der Waals surface area contributed by atoms with Gasteiger partial charge in [0, 0.05) is 37.3 Å². The number of halogens is 1. The number of hydrogen-bond acceptors (Lipinski definition) is 6. The summed E-state index contributed by atoms with van der Waals surface area (Å²) < 4.78 is 36.2. The average Bonchev–Trinajstić information content (AvgIpc) is 2.78. The molecule has 1 amide bonds. The number of nitrogens with zero attached hydrogens (tertiary/aromatic N) is 2. The number of piperidine rings is 1. The summed E-state index contributed by atoms with van der Waals surface area (Å²) >= 11 is 3.42. The lowest BCUT2D eigenvalue weighted by atomic mass is 9.72. The van der Waals surface area contributed by atoms with Gasteiger partial charge in [-0.15, -0.1) is 0 Å². The SMILES string of the molecule is CCS(=O)(=O)c1ccc(Oc2ccc(N3CC4(CCN(C(=O)OC(C)(C)C)CC4)C3)cc2)c(Br)c1. The highest BCUT2D eigenvalue weighted by Crippen LogP contribution is 2.43. The van der Waals surface area contributed by atoms with Crippen LogP contribution in [0, 0.1) is 5.41 Å². The van der Waals surface area contributed by atoms with E-state index in [9.17, 15) is 13.2 Å². The summed E-state index contributed by atoms with van der Waals surface area (Å²) in [5.41, 5.74) is 0.935. The summed E-state index contributed by atoms with van der Waals surface area (Å²) in [6.07, 6.45) is 1.76. The van der Waals surface area contributed by atoms with E-state index in [4.69, 9.17) is 9.47 Å². The standard InChI is InChI=1S/C26H33BrN2O5S/c1-5-35(31,32)21-10-11-23(22(27)16-21)33-20-8-6-19(7-9-20)29-17-26(18-29)12-14-28(15-13-26)24(30)34-25(2,3)4/h6-11,16H,5,12-15,17-18H2,1-4H3. The normalized spacial score (nSPS) is 17.7. The lowest BCUT2D eigenvalue weighted by Gasteiger charge is -2.55. The van der Waals surface area contributed by atoms with Gasteiger partial charge in [-0.05, 0) is 92.0 Å². The van der Waals surface area contributed by atoms with Crippen molar-refractivity contribution in [1.82, 2.24) is 4.90 Å². The molecule has 2 aliphatic heterocycles. The van der Waals surface area contributed by atoms with Gasteiger partial charge < -0.3 is 19.3 Å². The van der Waals surface area contributed by atoms with Crippen molar-refractivity contribution in [3.63, 3.8) is 0 Å². The Morgan fingerprint density at radius 3 is 2.23 bits per heavy atom. The maximum absolute atomic E-state index is 12.3. The second kappa shape index (κ2) is 9.65. The number of hydrogen-bond donors (Lipinski definition) is 0. The molecule has 0 saturated carbocycles. The monoisotopic (exact) mass is 564 g/mol. The molecule has 0 bridgehead atoms. The first-order valence-electron chi connectivity index (χ1n) is 11.9. The minimum absolute atomic E-state index is 0.0564. The maximum Gasteiger partial charge on any atom is 0.410 e. The number of anilines is 1. The number of carbonyl (C=O) groups excluding carboxylic acids is 1. The topological polar surface area (TPSA) is 76.2 Å². The fraction of sp³-hybridized carbons (Fsp3) is 0.500. The fourth-order valence-corrected chi connectivity index (χ4v) is 6.05. The van der Waals surface area contributed by atoms with Gasteiger partial charge in [0.2, 0.25) is 0 Å². The summed E-state index contributed by atoms with van der Waals surface area (Å²) in [6.45, 7) is 10.7. The van der Waals surface area contributed by atoms with Crippen molar-refractivity contribution in [3.8, 4) is 11.5 Å². The molecule has 1 spiro atoms. The molecule has 2 heterocycles. The zero-order valence-corrected chi connectivity index (χ0v) is 23.1. The zero-order chi connectivity index (χ0) is 25.4. The van der Waals surface area contributed by atoms with E-state index < -0.39 is 15.4 Å². The molecule has 35 heavy (non-hydrogen) atoms. The van der Waals surface area contributed by atoms with Crippen molar-refractivity contribution < 1.29 is 22.7 Å². The van der Waals surface area contributed by atoms with E-state index in [1.807, 2.05) is 49.9 Å². The molecule has 2 aromatic rings. The molecular weight excluding hydrogens is 532 g/mol. The minimum Gasteiger partial charge on any atom is -0.456 e. The second-order valence-corrected chi connectivity index (χ2v) is 13.5. The van der Waals surface area contributed by atoms with Gasteiger partial charge in [-0.25, -0.2) is 13.2 Å². The van der Waals surface area contributed by atoms with E-state index in [-0.39, 0.29) is 22.2 Å². The summed E-state index contributed by atoms with van der Waals surface area (Å²) in [5.74, 6) is 1.30. The third-order valence-electron chi connectivity index (χ3n) is 6.60. The van der Waals surface area contributed by atoms with E-state index in [1.165, 1.54) is 0 Å². The Balaban J connectivity index is 1.31. The van der Waals surface area contributed by atoms with Gasteiger partial charge in [0.25, 0.3) is 0 Å². The summed E-state index contributed by atoms with van der Waals surface area (Å²) in [4.78, 5) is 16.8. The number of rotatable bonds is 5. The highest BCUT2D eigenvalue weighted by atomic mass is 79.9. The van der Waals surface area contributed by atoms with E-state index >= 15 is 0 Å². The van der Waals surface area contributed by atoms with Crippen LogP contribution in [0.3, 0.4) is 0 Å². The number of carbonyl (C=O) groups is 1. The second-order valence-electron chi connectivity index (χ2n) is 10.4. The highest BCUT2D eigenvalue weighted by molar-refractivity contribution is 9.10. The maximum atomic E-state index is 12.3. The minimum atomic E-state index is -3.27. The first kappa shape index (κ1) is 25.8. The number of likely N-dealkylation sites (tertiary alicyclic amines) is 1. The Morgan fingerprint density at radius 2 is 1.69 bits per heavy atom. The van der Waals surface area contributed by atoms with Crippen molar-refractivity contribution in [2.24, 2.45) is 5.41 Å². The van der Waals surface area contributed by atoms with Crippen molar-refractivity contribution in [2.75, 3.05) is 36.8 Å². The van der Waals surface area contributed by atoms with Gasteiger partial charge in [-0.2, -0.15) is 0 Å². The molecule has 2 aliphatic rings. The molecule has 9 heteroatoms. The molecule has 2 saturated heterocycles. The van der Waals surface area contributed by atoms with E-state index in [0.717, 1.165) is 44.7 Å². The molecule has 0 N–H and O–H groups in total. The number of ether oxygens (including phenoxy) is 2. The molecule has 0 aliphatic carbocycles. The Hall–Kier alpha value is -2.26. The van der Waals surface area contributed by atoms with Gasteiger partial charge in [0.05, 0.1) is 15.1 Å². The van der Waals surface area contributed by atoms with Crippen molar-refractivity contribution in [2.45, 2.75) is 51.0 Å². The molecule has 190 valence electrons. The van der Waals surface area contributed by atoms with Crippen LogP contribution in [0.2, 0.25) is 0 Å². The first-order valence-corrected chi connectivity index (χ1v) is 14.4. The van der Waals surface area contributed by atoms with Gasteiger partial charge in [-0.1, -0.05) is 6.92 Å². The third-order valence-corrected chi connectivity index (χ3v) is 8.95. The highest BCUT2D eigenvalue weighted by Gasteiger charge is 2.46. The molecule has 0 radical (unpaired) electrons. The quantitative estimate of drug-likeness (QED) is 0.451. The Kier molecular flexibility index (Phi) is 7.12. The van der Waals surface area contributed by atoms with Crippen LogP contribution in [0.1, 0.15) is 40.5 Å². The molecule has 2 fully saturated rings. The summed E-state index contributed by atoms with van der Waals surface area (Å²) in [7, 11) is -3.27. The molecule has 7 nitrogen and oxygen atoms in total. The molecule has 0 aromatic heterocycles. The fourth-order valence-electron chi connectivity index (χ4n) is 4.53. The Morgan fingerprint density at radius 1 is 1.06 bits per heavy atom. The predicted octanol–water partition coefficient (Wildman–Crippen LogP) is 5.87. The van der Waals surface area contributed by atoms with Gasteiger partial charge in [-0.3, -0.25) is 0 Å². The number of amides is 1. The van der Waals surface area contributed by atoms with Crippen molar-refractivity contribution in [3.05, 3.63) is 46.9 Å². The zero-order valence-electron chi connectivity index (χ0n) is 20.7. The van der Waals surface area contributed by atoms with Crippen molar-refractivity contribution in [1.29, 1.82) is 0 Å². The van der Waals surface area contributed by atoms with E-state index in [1.54, 1.807) is 25.1 Å². The molecule has 0 atom stereocenters. The van der Waals surface area contributed by atoms with Gasteiger partial charge >= 0.3 is 6.09 Å². The van der Waals surface area contributed by atoms with Crippen LogP contribution in [0.5, 0.6) is 11.5 Å². The third kappa shape index (κ3) is 5.94. The van der Waals surface area contributed by atoms with Crippen LogP contribution in [0.15, 0.2) is 51.8 Å². The Bertz CT molecular complexity index is 1180. The van der Waals surface area contributed by atoms with Crippen LogP contribution in [-0.4, -0.2) is 56.9 Å². The summed E-state index contributed by atoms with van der Waals surface area (Å²) in [6, 6.07) is 12.8. The molecule has 0 unspecified atom stereocenters. The largest absolute Gasteiger partial charge is 0.456 e. The number of sulfone groups is 1. The lowest BCUT2D eigenvalue weighted by molar-refractivity contribution is 0.00598. The molecular formula is C26H33BrN2O5S. The van der Waals surface area contributed by atoms with Crippen LogP contribution in [0.4, 0.5) is 10.5 Å². The average molecular weight is 566 g/mol. The summed E-state index contributed by atoms with van der Waals surface area (Å²) in [5, 5.41) is 0. The lowest BCUT2D eigenvalue weighted by Crippen LogP contribution is -2.61. The Labute approximate surface area is 216 Å². The van der Waals surface area contributed by atoms with Gasteiger partial charge in [0.15, 0.2) is 9.84 Å². The predicted molar refractivity (Wildman–Crippen MR) is 140 cm³/mol. The van der Waals surface area contributed by atoms with E-state index in [0.29, 0.717) is 16.0 Å². The van der Waals surface area contributed by atoms with Gasteiger partial charge in [0.1, 0.15) is 17.1 Å². The molecule has 2 aromatic carbocycles. The number of benzene rings is 2.